The summed E-state index contributed by atoms with van der Waals surface area (Å²) in [5.41, 5.74) is 3.34. The van der Waals surface area contributed by atoms with Gasteiger partial charge in [-0.3, -0.25) is 0 Å². The van der Waals surface area contributed by atoms with Gasteiger partial charge in [0.25, 0.3) is 0 Å². The van der Waals surface area contributed by atoms with E-state index in [9.17, 15) is 0 Å². The van der Waals surface area contributed by atoms with E-state index in [-0.39, 0.29) is 1.43 Å². The first-order chi connectivity index (χ1) is 7.69. The predicted octanol–water partition coefficient (Wildman–Crippen LogP) is 4.87. The number of pyridine rings is 1. The second-order valence-electron chi connectivity index (χ2n) is 3.53. The molecule has 0 saturated heterocycles. The molecule has 2 nitrogen and oxygen atoms in total. The maximum absolute atomic E-state index is 4.34. The van der Waals surface area contributed by atoms with Gasteiger partial charge in [-0.2, -0.15) is 0 Å². The summed E-state index contributed by atoms with van der Waals surface area (Å²) < 4.78 is 0. The summed E-state index contributed by atoms with van der Waals surface area (Å²) >= 11 is 0. The van der Waals surface area contributed by atoms with Gasteiger partial charge in [-0.15, -0.1) is 0 Å². The Labute approximate surface area is 101 Å². The summed E-state index contributed by atoms with van der Waals surface area (Å²) in [7, 11) is 0. The van der Waals surface area contributed by atoms with Gasteiger partial charge in [-0.25, -0.2) is 4.98 Å². The van der Waals surface area contributed by atoms with Crippen LogP contribution in [0.15, 0.2) is 18.3 Å². The van der Waals surface area contributed by atoms with Crippen LogP contribution in [0.5, 0.6) is 0 Å². The van der Waals surface area contributed by atoms with E-state index in [1.54, 1.807) is 0 Å². The molecule has 1 N–H and O–H groups in total. The van der Waals surface area contributed by atoms with Gasteiger partial charge in [-0.05, 0) is 31.5 Å². The van der Waals surface area contributed by atoms with E-state index >= 15 is 0 Å². The number of aryl methyl sites for hydroxylation is 2. The zero-order valence-corrected chi connectivity index (χ0v) is 11.4. The van der Waals surface area contributed by atoms with Crippen molar-refractivity contribution in [1.29, 1.82) is 0 Å². The number of aromatic amines is 1. The van der Waals surface area contributed by atoms with Crippen LogP contribution in [0.1, 0.15) is 46.8 Å². The van der Waals surface area contributed by atoms with Crippen molar-refractivity contribution in [2.45, 2.75) is 48.0 Å². The molecule has 0 aliphatic heterocycles. The quantitative estimate of drug-likeness (QED) is 0.677. The predicted molar refractivity (Wildman–Crippen MR) is 75.0 cm³/mol. The molecule has 0 saturated carbocycles. The average Bonchev–Trinajstić information content (AvgIpc) is 2.70. The van der Waals surface area contributed by atoms with Crippen molar-refractivity contribution >= 4 is 11.0 Å². The van der Waals surface area contributed by atoms with Gasteiger partial charge in [0, 0.05) is 18.7 Å². The van der Waals surface area contributed by atoms with Gasteiger partial charge < -0.3 is 4.98 Å². The Balaban J connectivity index is 0. The fourth-order valence-corrected chi connectivity index (χ4v) is 1.37. The smallest absolute Gasteiger partial charge is 0.137 e. The maximum Gasteiger partial charge on any atom is 0.137 e. The third-order valence-corrected chi connectivity index (χ3v) is 1.86. The number of hydrogen-bond donors (Lipinski definition) is 1. The molecule has 0 radical (unpaired) electrons. The summed E-state index contributed by atoms with van der Waals surface area (Å²) in [6.07, 6.45) is 3.17. The van der Waals surface area contributed by atoms with Crippen molar-refractivity contribution in [3.8, 4) is 0 Å². The van der Waals surface area contributed by atoms with E-state index in [0.717, 1.165) is 11.3 Å². The van der Waals surface area contributed by atoms with E-state index in [1.165, 1.54) is 17.4 Å². The monoisotopic (exact) mass is 222 g/mol. The van der Waals surface area contributed by atoms with E-state index in [4.69, 9.17) is 0 Å². The molecule has 2 heterocycles. The van der Waals surface area contributed by atoms with Crippen LogP contribution in [0.4, 0.5) is 0 Å². The Bertz CT molecular complexity index is 408. The molecule has 2 rings (SSSR count). The summed E-state index contributed by atoms with van der Waals surface area (Å²) in [6.45, 7) is 12.4. The molecule has 0 unspecified atom stereocenters. The molecule has 16 heavy (non-hydrogen) atoms. The number of nitrogens with zero attached hydrogens (tertiary/aromatic N) is 1. The summed E-state index contributed by atoms with van der Waals surface area (Å²) in [5.74, 6) is 0. The zero-order chi connectivity index (χ0) is 12.6. The first-order valence-electron chi connectivity index (χ1n) is 6.10. The van der Waals surface area contributed by atoms with Crippen LogP contribution >= 0.6 is 0 Å². The third-order valence-electron chi connectivity index (χ3n) is 1.86. The van der Waals surface area contributed by atoms with Crippen molar-refractivity contribution in [1.82, 2.24) is 9.97 Å². The minimum absolute atomic E-state index is 0. The number of hydrogen-bond acceptors (Lipinski definition) is 1. The molecule has 92 valence electrons. The second kappa shape index (κ2) is 7.91. The highest BCUT2D eigenvalue weighted by molar-refractivity contribution is 5.79. The molecule has 0 bridgehead atoms. The van der Waals surface area contributed by atoms with Gasteiger partial charge in [0.1, 0.15) is 5.65 Å². The highest BCUT2D eigenvalue weighted by Gasteiger charge is 1.98. The van der Waals surface area contributed by atoms with Crippen molar-refractivity contribution < 1.29 is 1.43 Å². The molecule has 2 aromatic rings. The van der Waals surface area contributed by atoms with Crippen LogP contribution in [0.25, 0.3) is 11.0 Å². The van der Waals surface area contributed by atoms with Crippen molar-refractivity contribution in [2.75, 3.05) is 0 Å². The second-order valence-corrected chi connectivity index (χ2v) is 3.53. The molecule has 2 heteroatoms. The fraction of sp³-hybridized carbons (Fsp3) is 0.500. The highest BCUT2D eigenvalue weighted by Crippen LogP contribution is 2.15. The number of nitrogens with one attached hydrogen (secondary N) is 1. The fourth-order valence-electron chi connectivity index (χ4n) is 1.37. The van der Waals surface area contributed by atoms with Gasteiger partial charge in [-0.1, -0.05) is 34.1 Å². The molecular formula is C14H26N2. The Morgan fingerprint density at radius 1 is 1.25 bits per heavy atom. The van der Waals surface area contributed by atoms with E-state index in [0.29, 0.717) is 0 Å². The molecular weight excluding hydrogens is 196 g/mol. The van der Waals surface area contributed by atoms with Crippen LogP contribution in [0, 0.1) is 13.8 Å². The van der Waals surface area contributed by atoms with Crippen molar-refractivity contribution in [2.24, 2.45) is 0 Å². The number of fused-ring (bicyclic) bond motifs is 1. The van der Waals surface area contributed by atoms with Gasteiger partial charge in [0.15, 0.2) is 0 Å². The summed E-state index contributed by atoms with van der Waals surface area (Å²) in [6, 6.07) is 4.15. The molecule has 0 aliphatic carbocycles. The highest BCUT2D eigenvalue weighted by atomic mass is 14.8. The lowest BCUT2D eigenvalue weighted by Gasteiger charge is -1.96. The SMILES string of the molecule is CC.CCC.Cc1cc(C)c2cc[nH]c2n1.[HH]. The molecule has 0 amide bonds. The minimum Gasteiger partial charge on any atom is -0.346 e. The summed E-state index contributed by atoms with van der Waals surface area (Å²) in [4.78, 5) is 7.43. The Hall–Kier alpha value is -1.31. The number of H-pyrrole nitrogens is 1. The lowest BCUT2D eigenvalue weighted by atomic mass is 10.2. The maximum atomic E-state index is 4.34. The van der Waals surface area contributed by atoms with Crippen LogP contribution < -0.4 is 0 Å². The van der Waals surface area contributed by atoms with E-state index in [1.807, 2.05) is 27.0 Å². The first kappa shape index (κ1) is 14.7. The lowest BCUT2D eigenvalue weighted by Crippen LogP contribution is -1.84. The van der Waals surface area contributed by atoms with Crippen LogP contribution in [0.2, 0.25) is 0 Å². The Morgan fingerprint density at radius 3 is 2.38 bits per heavy atom. The molecule has 2 aromatic heterocycles. The van der Waals surface area contributed by atoms with Gasteiger partial charge >= 0.3 is 0 Å². The van der Waals surface area contributed by atoms with Crippen LogP contribution in [-0.2, 0) is 0 Å². The standard InChI is InChI=1S/C9H10N2.C3H8.C2H6.H2/c1-6-5-7(2)11-9-8(6)3-4-10-9;1-3-2;1-2;/h3-5H,1-2H3,(H,10,11);3H2,1-2H3;1-2H3;1H. The molecule has 0 atom stereocenters. The Kier molecular flexibility index (Phi) is 7.27. The van der Waals surface area contributed by atoms with Gasteiger partial charge in [0.2, 0.25) is 0 Å². The first-order valence-corrected chi connectivity index (χ1v) is 6.10. The topological polar surface area (TPSA) is 28.7 Å². The number of aromatic nitrogens is 2. The lowest BCUT2D eigenvalue weighted by molar-refractivity contribution is 1.09. The average molecular weight is 222 g/mol. The zero-order valence-electron chi connectivity index (χ0n) is 11.4. The Morgan fingerprint density at radius 2 is 1.81 bits per heavy atom. The van der Waals surface area contributed by atoms with Crippen molar-refractivity contribution in [3.05, 3.63) is 29.6 Å². The largest absolute Gasteiger partial charge is 0.346 e. The summed E-state index contributed by atoms with van der Waals surface area (Å²) in [5, 5.41) is 1.22. The third kappa shape index (κ3) is 4.05. The van der Waals surface area contributed by atoms with Crippen LogP contribution in [-0.4, -0.2) is 9.97 Å². The normalized spacial score (nSPS) is 8.88. The van der Waals surface area contributed by atoms with Crippen LogP contribution in [0.3, 0.4) is 0 Å². The van der Waals surface area contributed by atoms with E-state index in [2.05, 4.69) is 42.9 Å². The minimum atomic E-state index is 0. The van der Waals surface area contributed by atoms with Crippen molar-refractivity contribution in [3.63, 3.8) is 0 Å². The van der Waals surface area contributed by atoms with E-state index < -0.39 is 0 Å². The molecule has 0 spiro atoms. The molecule has 0 aromatic carbocycles. The molecule has 0 aliphatic rings. The molecule has 0 fully saturated rings. The number of rotatable bonds is 0. The van der Waals surface area contributed by atoms with Gasteiger partial charge in [0.05, 0.1) is 0 Å².